The average molecular weight is 240 g/mol. The van der Waals surface area contributed by atoms with Crippen LogP contribution in [0.25, 0.3) is 0 Å². The maximum Gasteiger partial charge on any atom is 0.0652 e. The van der Waals surface area contributed by atoms with Crippen molar-refractivity contribution in [3.8, 4) is 0 Å². The Hall–Kier alpha value is -0.0200. The largest absolute Gasteiger partial charge is 0.310 e. The molecule has 1 saturated heterocycles. The lowest BCUT2D eigenvalue weighted by Gasteiger charge is -2.29. The smallest absolute Gasteiger partial charge is 0.0652 e. The molecule has 1 aromatic rings. The number of nitrogens with zero attached hydrogens (tertiary/aromatic N) is 1. The summed E-state index contributed by atoms with van der Waals surface area (Å²) in [5.74, 6) is 0. The zero-order valence-electron chi connectivity index (χ0n) is 6.76. The molecule has 1 atom stereocenters. The molecule has 2 rings (SSSR count). The molecule has 0 aromatic carbocycles. The van der Waals surface area contributed by atoms with Crippen molar-refractivity contribution in [1.29, 1.82) is 0 Å². The topological polar surface area (TPSA) is 24.9 Å². The van der Waals surface area contributed by atoms with Gasteiger partial charge >= 0.3 is 0 Å². The minimum absolute atomic E-state index is 0. The van der Waals surface area contributed by atoms with Gasteiger partial charge in [0, 0.05) is 24.0 Å². The van der Waals surface area contributed by atoms with Crippen LogP contribution in [0.15, 0.2) is 12.4 Å². The van der Waals surface area contributed by atoms with Crippen LogP contribution in [-0.4, -0.2) is 11.5 Å². The van der Waals surface area contributed by atoms with Crippen LogP contribution >= 0.6 is 35.6 Å². The summed E-state index contributed by atoms with van der Waals surface area (Å²) in [5.41, 5.74) is 0.986. The van der Waals surface area contributed by atoms with Crippen LogP contribution < -0.4 is 5.32 Å². The second-order valence-corrected chi connectivity index (χ2v) is 3.63. The highest BCUT2D eigenvalue weighted by atomic mass is 35.5. The van der Waals surface area contributed by atoms with Gasteiger partial charge in [0.05, 0.1) is 10.0 Å². The Morgan fingerprint density at radius 2 is 1.85 bits per heavy atom. The van der Waals surface area contributed by atoms with Crippen LogP contribution in [-0.2, 0) is 0 Å². The monoisotopic (exact) mass is 238 g/mol. The summed E-state index contributed by atoms with van der Waals surface area (Å²) in [6.45, 7) is 1.04. The van der Waals surface area contributed by atoms with Gasteiger partial charge in [-0.05, 0) is 13.0 Å². The predicted octanol–water partition coefficient (Wildman–Crippen LogP) is 2.84. The number of pyridine rings is 1. The van der Waals surface area contributed by atoms with Crippen LogP contribution in [0.1, 0.15) is 18.0 Å². The molecule has 2 heterocycles. The summed E-state index contributed by atoms with van der Waals surface area (Å²) >= 11 is 11.9. The van der Waals surface area contributed by atoms with Gasteiger partial charge in [0.15, 0.2) is 0 Å². The second-order valence-electron chi connectivity index (χ2n) is 2.81. The van der Waals surface area contributed by atoms with Gasteiger partial charge in [-0.1, -0.05) is 23.2 Å². The molecule has 1 N–H and O–H groups in total. The van der Waals surface area contributed by atoms with Crippen molar-refractivity contribution in [2.45, 2.75) is 12.5 Å². The van der Waals surface area contributed by atoms with E-state index in [1.54, 1.807) is 12.4 Å². The molecule has 0 saturated carbocycles. The first kappa shape index (κ1) is 11.1. The summed E-state index contributed by atoms with van der Waals surface area (Å²) in [6, 6.07) is 0.327. The van der Waals surface area contributed by atoms with Crippen LogP contribution in [0, 0.1) is 0 Å². The highest BCUT2D eigenvalue weighted by Crippen LogP contribution is 2.33. The van der Waals surface area contributed by atoms with Gasteiger partial charge in [0.1, 0.15) is 0 Å². The molecule has 0 amide bonds. The minimum Gasteiger partial charge on any atom is -0.310 e. The van der Waals surface area contributed by atoms with Crippen LogP contribution in [0.4, 0.5) is 0 Å². The normalized spacial score (nSPS) is 20.3. The van der Waals surface area contributed by atoms with Gasteiger partial charge in [0.25, 0.3) is 0 Å². The Morgan fingerprint density at radius 3 is 2.23 bits per heavy atom. The third kappa shape index (κ3) is 2.08. The van der Waals surface area contributed by atoms with E-state index in [2.05, 4.69) is 10.3 Å². The quantitative estimate of drug-likeness (QED) is 0.815. The third-order valence-corrected chi connectivity index (χ3v) is 2.66. The molecule has 0 unspecified atom stereocenters. The van der Waals surface area contributed by atoms with E-state index in [0.717, 1.165) is 18.5 Å². The van der Waals surface area contributed by atoms with Crippen molar-refractivity contribution in [2.24, 2.45) is 0 Å². The number of rotatable bonds is 1. The first-order valence-corrected chi connectivity index (χ1v) is 4.57. The van der Waals surface area contributed by atoms with E-state index in [9.17, 15) is 0 Å². The maximum absolute atomic E-state index is 5.95. The van der Waals surface area contributed by atoms with Crippen molar-refractivity contribution in [1.82, 2.24) is 10.3 Å². The molecule has 0 aliphatic carbocycles. The first-order chi connectivity index (χ1) is 5.79. The Morgan fingerprint density at radius 1 is 1.31 bits per heavy atom. The fourth-order valence-corrected chi connectivity index (χ4v) is 1.92. The van der Waals surface area contributed by atoms with E-state index in [1.807, 2.05) is 0 Å². The fourth-order valence-electron chi connectivity index (χ4n) is 1.29. The molecule has 1 aliphatic rings. The molecular weight excluding hydrogens is 230 g/mol. The Bertz CT molecular complexity index is 279. The molecule has 72 valence electrons. The molecule has 13 heavy (non-hydrogen) atoms. The summed E-state index contributed by atoms with van der Waals surface area (Å²) in [7, 11) is 0. The first-order valence-electron chi connectivity index (χ1n) is 3.81. The van der Waals surface area contributed by atoms with Crippen molar-refractivity contribution in [2.75, 3.05) is 6.54 Å². The lowest BCUT2D eigenvalue weighted by molar-refractivity contribution is 0.383. The molecular formula is C8H9Cl3N2. The molecule has 1 aliphatic heterocycles. The molecule has 1 aromatic heterocycles. The number of hydrogen-bond acceptors (Lipinski definition) is 2. The zero-order valence-corrected chi connectivity index (χ0v) is 9.09. The van der Waals surface area contributed by atoms with Crippen LogP contribution in [0.2, 0.25) is 10.0 Å². The predicted molar refractivity (Wildman–Crippen MR) is 56.9 cm³/mol. The SMILES string of the molecule is Cl.Clc1cncc(Cl)c1[C@H]1CCN1. The zero-order chi connectivity index (χ0) is 8.55. The molecule has 1 fully saturated rings. The van der Waals surface area contributed by atoms with E-state index in [1.165, 1.54) is 0 Å². The summed E-state index contributed by atoms with van der Waals surface area (Å²) in [4.78, 5) is 3.89. The Labute approximate surface area is 93.0 Å². The second kappa shape index (κ2) is 4.47. The Balaban J connectivity index is 0.000000845. The van der Waals surface area contributed by atoms with E-state index in [0.29, 0.717) is 16.1 Å². The molecule has 2 nitrogen and oxygen atoms in total. The fraction of sp³-hybridized carbons (Fsp3) is 0.375. The number of nitrogens with one attached hydrogen (secondary N) is 1. The third-order valence-electron chi connectivity index (χ3n) is 2.06. The standard InChI is InChI=1S/C8H8Cl2N2.ClH/c9-5-3-11-4-6(10)8(5)7-1-2-12-7;/h3-4,7,12H,1-2H2;1H/t7-;/m1./s1. The molecule has 5 heteroatoms. The van der Waals surface area contributed by atoms with Crippen molar-refractivity contribution < 1.29 is 0 Å². The summed E-state index contributed by atoms with van der Waals surface area (Å²) < 4.78 is 0. The van der Waals surface area contributed by atoms with Crippen LogP contribution in [0.5, 0.6) is 0 Å². The van der Waals surface area contributed by atoms with E-state index in [4.69, 9.17) is 23.2 Å². The van der Waals surface area contributed by atoms with Gasteiger partial charge < -0.3 is 5.32 Å². The number of halogens is 3. The lowest BCUT2D eigenvalue weighted by atomic mass is 9.99. The lowest BCUT2D eigenvalue weighted by Crippen LogP contribution is -2.35. The molecule has 0 radical (unpaired) electrons. The average Bonchev–Trinajstić information content (AvgIpc) is 1.93. The van der Waals surface area contributed by atoms with Crippen molar-refractivity contribution in [3.63, 3.8) is 0 Å². The van der Waals surface area contributed by atoms with Gasteiger partial charge in [-0.3, -0.25) is 4.98 Å². The van der Waals surface area contributed by atoms with Crippen LogP contribution in [0.3, 0.4) is 0 Å². The maximum atomic E-state index is 5.95. The number of aromatic nitrogens is 1. The summed E-state index contributed by atoms with van der Waals surface area (Å²) in [5, 5.41) is 4.55. The highest BCUT2D eigenvalue weighted by molar-refractivity contribution is 6.35. The number of hydrogen-bond donors (Lipinski definition) is 1. The minimum atomic E-state index is 0. The van der Waals surface area contributed by atoms with Gasteiger partial charge in [-0.2, -0.15) is 0 Å². The van der Waals surface area contributed by atoms with E-state index < -0.39 is 0 Å². The molecule has 0 spiro atoms. The van der Waals surface area contributed by atoms with Gasteiger partial charge in [-0.25, -0.2) is 0 Å². The van der Waals surface area contributed by atoms with Crippen molar-refractivity contribution >= 4 is 35.6 Å². The highest BCUT2D eigenvalue weighted by Gasteiger charge is 2.23. The van der Waals surface area contributed by atoms with E-state index >= 15 is 0 Å². The Kier molecular flexibility index (Phi) is 3.80. The van der Waals surface area contributed by atoms with E-state index in [-0.39, 0.29) is 12.4 Å². The van der Waals surface area contributed by atoms with Crippen molar-refractivity contribution in [3.05, 3.63) is 28.0 Å². The summed E-state index contributed by atoms with van der Waals surface area (Å²) in [6.07, 6.45) is 4.36. The van der Waals surface area contributed by atoms with Gasteiger partial charge in [0.2, 0.25) is 0 Å². The molecule has 0 bridgehead atoms. The van der Waals surface area contributed by atoms with Gasteiger partial charge in [-0.15, -0.1) is 12.4 Å².